The molecule has 11 heavy (non-hydrogen) atoms. The van der Waals surface area contributed by atoms with E-state index in [0.717, 1.165) is 19.4 Å². The SMILES string of the molecule is O=C(NCC=CO)C1CNC1. The van der Waals surface area contributed by atoms with Crippen molar-refractivity contribution in [1.82, 2.24) is 10.6 Å². The van der Waals surface area contributed by atoms with E-state index in [4.69, 9.17) is 5.11 Å². The summed E-state index contributed by atoms with van der Waals surface area (Å²) in [6.07, 6.45) is 2.42. The molecular formula is C7H12N2O2. The summed E-state index contributed by atoms with van der Waals surface area (Å²) in [5, 5.41) is 13.9. The van der Waals surface area contributed by atoms with E-state index in [-0.39, 0.29) is 11.8 Å². The van der Waals surface area contributed by atoms with Crippen LogP contribution in [0.4, 0.5) is 0 Å². The van der Waals surface area contributed by atoms with Crippen molar-refractivity contribution in [2.75, 3.05) is 19.6 Å². The fraction of sp³-hybridized carbons (Fsp3) is 0.571. The van der Waals surface area contributed by atoms with Gasteiger partial charge < -0.3 is 15.7 Å². The summed E-state index contributed by atoms with van der Waals surface area (Å²) in [5.74, 6) is 0.184. The Morgan fingerprint density at radius 2 is 2.45 bits per heavy atom. The number of rotatable bonds is 3. The van der Waals surface area contributed by atoms with Gasteiger partial charge in [-0.1, -0.05) is 0 Å². The van der Waals surface area contributed by atoms with Crippen molar-refractivity contribution in [3.05, 3.63) is 12.3 Å². The molecule has 1 heterocycles. The average molecular weight is 156 g/mol. The van der Waals surface area contributed by atoms with E-state index in [1.807, 2.05) is 0 Å². The molecule has 0 aromatic heterocycles. The maximum atomic E-state index is 11.0. The molecule has 1 saturated heterocycles. The maximum absolute atomic E-state index is 11.0. The molecule has 1 fully saturated rings. The summed E-state index contributed by atoms with van der Waals surface area (Å²) in [4.78, 5) is 11.0. The lowest BCUT2D eigenvalue weighted by molar-refractivity contribution is -0.126. The molecule has 0 radical (unpaired) electrons. The van der Waals surface area contributed by atoms with Crippen molar-refractivity contribution in [2.45, 2.75) is 0 Å². The summed E-state index contributed by atoms with van der Waals surface area (Å²) in [7, 11) is 0. The standard InChI is InChI=1S/C7H12N2O2/c10-3-1-2-9-7(11)6-4-8-5-6/h1,3,6,8,10H,2,4-5H2,(H,9,11). The third-order valence-corrected chi connectivity index (χ3v) is 1.65. The molecule has 4 heteroatoms. The zero-order valence-electron chi connectivity index (χ0n) is 6.21. The molecule has 0 spiro atoms. The lowest BCUT2D eigenvalue weighted by Gasteiger charge is -2.25. The normalized spacial score (nSPS) is 18.2. The Hall–Kier alpha value is -1.03. The molecule has 62 valence electrons. The van der Waals surface area contributed by atoms with Gasteiger partial charge in [0.05, 0.1) is 12.2 Å². The van der Waals surface area contributed by atoms with Crippen LogP contribution in [-0.2, 0) is 4.79 Å². The summed E-state index contributed by atoms with van der Waals surface area (Å²) in [5.41, 5.74) is 0. The number of hydrogen-bond donors (Lipinski definition) is 3. The van der Waals surface area contributed by atoms with Gasteiger partial charge in [-0.25, -0.2) is 0 Å². The molecule has 0 aliphatic carbocycles. The minimum atomic E-state index is 0.0573. The van der Waals surface area contributed by atoms with Crippen LogP contribution in [0, 0.1) is 5.92 Å². The molecule has 0 bridgehead atoms. The first-order chi connectivity index (χ1) is 5.34. The van der Waals surface area contributed by atoms with Crippen LogP contribution in [0.25, 0.3) is 0 Å². The number of hydrogen-bond acceptors (Lipinski definition) is 3. The van der Waals surface area contributed by atoms with E-state index in [9.17, 15) is 4.79 Å². The van der Waals surface area contributed by atoms with Crippen molar-refractivity contribution >= 4 is 5.91 Å². The van der Waals surface area contributed by atoms with Gasteiger partial charge in [-0.2, -0.15) is 0 Å². The van der Waals surface area contributed by atoms with Crippen LogP contribution in [0.15, 0.2) is 12.3 Å². The van der Waals surface area contributed by atoms with Crippen LogP contribution in [0.3, 0.4) is 0 Å². The van der Waals surface area contributed by atoms with Crippen LogP contribution in [0.5, 0.6) is 0 Å². The molecular weight excluding hydrogens is 144 g/mol. The second-order valence-corrected chi connectivity index (χ2v) is 2.49. The van der Waals surface area contributed by atoms with Crippen molar-refractivity contribution in [3.8, 4) is 0 Å². The number of carbonyl (C=O) groups excluding carboxylic acids is 1. The number of carbonyl (C=O) groups is 1. The fourth-order valence-electron chi connectivity index (χ4n) is 0.831. The largest absolute Gasteiger partial charge is 0.516 e. The van der Waals surface area contributed by atoms with E-state index in [0.29, 0.717) is 6.54 Å². The lowest BCUT2D eigenvalue weighted by Crippen LogP contribution is -2.50. The smallest absolute Gasteiger partial charge is 0.225 e. The van der Waals surface area contributed by atoms with E-state index >= 15 is 0 Å². The average Bonchev–Trinajstić information content (AvgIpc) is 1.84. The van der Waals surface area contributed by atoms with E-state index in [1.165, 1.54) is 6.08 Å². The van der Waals surface area contributed by atoms with Gasteiger partial charge in [-0.3, -0.25) is 4.79 Å². The number of nitrogens with one attached hydrogen (secondary N) is 2. The van der Waals surface area contributed by atoms with Crippen LogP contribution in [0.1, 0.15) is 0 Å². The van der Waals surface area contributed by atoms with Crippen molar-refractivity contribution in [3.63, 3.8) is 0 Å². The van der Waals surface area contributed by atoms with Crippen molar-refractivity contribution in [2.24, 2.45) is 5.92 Å². The van der Waals surface area contributed by atoms with Crippen LogP contribution in [0.2, 0.25) is 0 Å². The van der Waals surface area contributed by atoms with Gasteiger partial charge in [-0.15, -0.1) is 0 Å². The molecule has 4 nitrogen and oxygen atoms in total. The molecule has 1 rings (SSSR count). The first kappa shape index (κ1) is 8.07. The molecule has 3 N–H and O–H groups in total. The van der Waals surface area contributed by atoms with Gasteiger partial charge in [0, 0.05) is 19.6 Å². The second-order valence-electron chi connectivity index (χ2n) is 2.49. The van der Waals surface area contributed by atoms with Crippen LogP contribution < -0.4 is 10.6 Å². The predicted molar refractivity (Wildman–Crippen MR) is 41.1 cm³/mol. The quantitative estimate of drug-likeness (QED) is 0.478. The van der Waals surface area contributed by atoms with E-state index in [2.05, 4.69) is 10.6 Å². The Balaban J connectivity index is 2.10. The fourth-order valence-corrected chi connectivity index (χ4v) is 0.831. The minimum Gasteiger partial charge on any atom is -0.516 e. The molecule has 1 amide bonds. The summed E-state index contributed by atoms with van der Waals surface area (Å²) in [6, 6.07) is 0. The highest BCUT2D eigenvalue weighted by Crippen LogP contribution is 2.01. The van der Waals surface area contributed by atoms with E-state index in [1.54, 1.807) is 0 Å². The van der Waals surface area contributed by atoms with Gasteiger partial charge >= 0.3 is 0 Å². The molecule has 0 atom stereocenters. The molecule has 0 unspecified atom stereocenters. The lowest BCUT2D eigenvalue weighted by atomic mass is 10.0. The van der Waals surface area contributed by atoms with Gasteiger partial charge in [0.1, 0.15) is 0 Å². The summed E-state index contributed by atoms with van der Waals surface area (Å²) < 4.78 is 0. The Morgan fingerprint density at radius 1 is 1.73 bits per heavy atom. The summed E-state index contributed by atoms with van der Waals surface area (Å²) >= 11 is 0. The highest BCUT2D eigenvalue weighted by molar-refractivity contribution is 5.80. The van der Waals surface area contributed by atoms with Crippen molar-refractivity contribution in [1.29, 1.82) is 0 Å². The zero-order valence-corrected chi connectivity index (χ0v) is 6.21. The molecule has 0 aromatic rings. The topological polar surface area (TPSA) is 61.4 Å². The highest BCUT2D eigenvalue weighted by atomic mass is 16.2. The predicted octanol–water partition coefficient (Wildman–Crippen LogP) is -0.606. The van der Waals surface area contributed by atoms with Gasteiger partial charge in [-0.05, 0) is 6.08 Å². The van der Waals surface area contributed by atoms with Gasteiger partial charge in [0.25, 0.3) is 0 Å². The minimum absolute atomic E-state index is 0.0573. The van der Waals surface area contributed by atoms with Crippen molar-refractivity contribution < 1.29 is 9.90 Å². The Kier molecular flexibility index (Phi) is 2.92. The third kappa shape index (κ3) is 2.23. The number of aliphatic hydroxyl groups excluding tert-OH is 1. The number of amides is 1. The molecule has 0 aromatic carbocycles. The first-order valence-corrected chi connectivity index (χ1v) is 3.62. The Morgan fingerprint density at radius 3 is 2.91 bits per heavy atom. The molecule has 1 aliphatic heterocycles. The van der Waals surface area contributed by atoms with Gasteiger partial charge in [0.2, 0.25) is 5.91 Å². The summed E-state index contributed by atoms with van der Waals surface area (Å²) in [6.45, 7) is 1.95. The maximum Gasteiger partial charge on any atom is 0.225 e. The molecule has 1 aliphatic rings. The third-order valence-electron chi connectivity index (χ3n) is 1.65. The highest BCUT2D eigenvalue weighted by Gasteiger charge is 2.23. The monoisotopic (exact) mass is 156 g/mol. The van der Waals surface area contributed by atoms with E-state index < -0.39 is 0 Å². The second kappa shape index (κ2) is 3.98. The zero-order chi connectivity index (χ0) is 8.10. The van der Waals surface area contributed by atoms with Crippen LogP contribution in [-0.4, -0.2) is 30.6 Å². The van der Waals surface area contributed by atoms with Crippen LogP contribution >= 0.6 is 0 Å². The Bertz CT molecular complexity index is 164. The Labute approximate surface area is 65.3 Å². The van der Waals surface area contributed by atoms with Gasteiger partial charge in [0.15, 0.2) is 0 Å². The molecule has 0 saturated carbocycles. The first-order valence-electron chi connectivity index (χ1n) is 3.62. The number of aliphatic hydroxyl groups is 1.